The molecule has 3 atom stereocenters. The molecule has 0 bridgehead atoms. The summed E-state index contributed by atoms with van der Waals surface area (Å²) in [6, 6.07) is 0. The maximum Gasteiger partial charge on any atom is 0.229 e. The smallest absolute Gasteiger partial charge is 0.229 e. The molecule has 0 amide bonds. The Morgan fingerprint density at radius 3 is 2.93 bits per heavy atom. The summed E-state index contributed by atoms with van der Waals surface area (Å²) in [7, 11) is 0. The molecule has 0 aliphatic heterocycles. The van der Waals surface area contributed by atoms with Crippen molar-refractivity contribution in [3.8, 4) is 0 Å². The molecule has 1 aromatic heterocycles. The predicted octanol–water partition coefficient (Wildman–Crippen LogP) is 1.51. The van der Waals surface area contributed by atoms with Crippen LogP contribution in [0, 0.1) is 5.92 Å². The second-order valence-electron chi connectivity index (χ2n) is 4.13. The first kappa shape index (κ1) is 9.65. The highest BCUT2D eigenvalue weighted by Crippen LogP contribution is 2.45. The number of aliphatic hydroxyl groups excluding tert-OH is 1. The highest BCUT2D eigenvalue weighted by atomic mass is 16.5. The van der Waals surface area contributed by atoms with Gasteiger partial charge >= 0.3 is 0 Å². The molecular weight excluding hydrogens is 180 g/mol. The highest BCUT2D eigenvalue weighted by molar-refractivity contribution is 5.07. The van der Waals surface area contributed by atoms with Crippen molar-refractivity contribution in [1.29, 1.82) is 0 Å². The molecule has 0 aromatic carbocycles. The van der Waals surface area contributed by atoms with Crippen molar-refractivity contribution in [2.45, 2.75) is 45.1 Å². The van der Waals surface area contributed by atoms with Gasteiger partial charge in [0.25, 0.3) is 0 Å². The summed E-state index contributed by atoms with van der Waals surface area (Å²) in [4.78, 5) is 4.27. The van der Waals surface area contributed by atoms with Crippen LogP contribution in [0.2, 0.25) is 0 Å². The summed E-state index contributed by atoms with van der Waals surface area (Å²) < 4.78 is 5.07. The lowest BCUT2D eigenvalue weighted by Crippen LogP contribution is -2.08. The van der Waals surface area contributed by atoms with Gasteiger partial charge in [0.15, 0.2) is 5.82 Å². The van der Waals surface area contributed by atoms with Crippen LogP contribution in [0.4, 0.5) is 0 Å². The quantitative estimate of drug-likeness (QED) is 0.793. The Hall–Kier alpha value is -0.900. The fourth-order valence-electron chi connectivity index (χ4n) is 1.53. The highest BCUT2D eigenvalue weighted by Gasteiger charge is 2.38. The molecule has 0 saturated heterocycles. The number of aromatic nitrogens is 2. The third-order valence-electron chi connectivity index (χ3n) is 2.81. The molecule has 1 aliphatic carbocycles. The number of hydrogen-bond donors (Lipinski definition) is 1. The molecule has 1 saturated carbocycles. The van der Waals surface area contributed by atoms with E-state index in [-0.39, 0.29) is 6.10 Å². The number of nitrogens with zero attached hydrogens (tertiary/aromatic N) is 2. The summed E-state index contributed by atoms with van der Waals surface area (Å²) in [5.74, 6) is 2.56. The summed E-state index contributed by atoms with van der Waals surface area (Å²) in [5.41, 5.74) is 0. The van der Waals surface area contributed by atoms with Crippen molar-refractivity contribution < 1.29 is 9.63 Å². The van der Waals surface area contributed by atoms with E-state index in [9.17, 15) is 5.11 Å². The Morgan fingerprint density at radius 1 is 1.64 bits per heavy atom. The summed E-state index contributed by atoms with van der Waals surface area (Å²) >= 11 is 0. The van der Waals surface area contributed by atoms with Crippen molar-refractivity contribution in [2.75, 3.05) is 0 Å². The van der Waals surface area contributed by atoms with Gasteiger partial charge in [-0.1, -0.05) is 19.0 Å². The van der Waals surface area contributed by atoms with E-state index in [0.29, 0.717) is 24.1 Å². The zero-order valence-corrected chi connectivity index (χ0v) is 8.60. The predicted molar refractivity (Wildman–Crippen MR) is 50.8 cm³/mol. The van der Waals surface area contributed by atoms with E-state index in [4.69, 9.17) is 4.52 Å². The molecule has 3 unspecified atom stereocenters. The van der Waals surface area contributed by atoms with E-state index in [1.54, 1.807) is 0 Å². The molecule has 1 heterocycles. The van der Waals surface area contributed by atoms with Crippen molar-refractivity contribution in [3.05, 3.63) is 11.7 Å². The van der Waals surface area contributed by atoms with E-state index in [0.717, 1.165) is 18.7 Å². The van der Waals surface area contributed by atoms with Gasteiger partial charge in [0.2, 0.25) is 5.89 Å². The number of hydrogen-bond acceptors (Lipinski definition) is 4. The molecule has 0 spiro atoms. The maximum absolute atomic E-state index is 9.40. The van der Waals surface area contributed by atoms with E-state index in [1.807, 2.05) is 6.92 Å². The summed E-state index contributed by atoms with van der Waals surface area (Å²) in [5, 5.41) is 13.3. The lowest BCUT2D eigenvalue weighted by Gasteiger charge is -2.01. The van der Waals surface area contributed by atoms with Crippen LogP contribution in [0.1, 0.15) is 44.3 Å². The minimum Gasteiger partial charge on any atom is -0.393 e. The molecular formula is C10H16N2O2. The fourth-order valence-corrected chi connectivity index (χ4v) is 1.53. The second kappa shape index (κ2) is 3.69. The van der Waals surface area contributed by atoms with Crippen LogP contribution in [-0.2, 0) is 6.42 Å². The lowest BCUT2D eigenvalue weighted by molar-refractivity contribution is 0.158. The van der Waals surface area contributed by atoms with Crippen molar-refractivity contribution in [1.82, 2.24) is 10.1 Å². The van der Waals surface area contributed by atoms with Crippen LogP contribution in [0.15, 0.2) is 4.52 Å². The van der Waals surface area contributed by atoms with Gasteiger partial charge in [-0.05, 0) is 18.8 Å². The summed E-state index contributed by atoms with van der Waals surface area (Å²) in [6.45, 7) is 4.12. The lowest BCUT2D eigenvalue weighted by atomic mass is 10.2. The zero-order chi connectivity index (χ0) is 10.1. The molecule has 1 N–H and O–H groups in total. The molecule has 4 heteroatoms. The first-order chi connectivity index (χ1) is 6.70. The molecule has 2 rings (SSSR count). The first-order valence-electron chi connectivity index (χ1n) is 5.21. The van der Waals surface area contributed by atoms with Gasteiger partial charge in [-0.3, -0.25) is 0 Å². The van der Waals surface area contributed by atoms with Gasteiger partial charge in [-0.2, -0.15) is 4.98 Å². The van der Waals surface area contributed by atoms with Gasteiger partial charge in [-0.15, -0.1) is 0 Å². The average molecular weight is 196 g/mol. The van der Waals surface area contributed by atoms with Crippen molar-refractivity contribution in [2.24, 2.45) is 5.92 Å². The number of aliphatic hydroxyl groups is 1. The normalized spacial score (nSPS) is 27.6. The Morgan fingerprint density at radius 2 is 2.36 bits per heavy atom. The van der Waals surface area contributed by atoms with Crippen LogP contribution in [-0.4, -0.2) is 21.4 Å². The van der Waals surface area contributed by atoms with Crippen molar-refractivity contribution >= 4 is 0 Å². The molecule has 0 radical (unpaired) electrons. The first-order valence-corrected chi connectivity index (χ1v) is 5.21. The van der Waals surface area contributed by atoms with Gasteiger partial charge in [0, 0.05) is 5.92 Å². The Bertz CT molecular complexity index is 311. The molecule has 4 nitrogen and oxygen atoms in total. The largest absolute Gasteiger partial charge is 0.393 e. The molecule has 78 valence electrons. The molecule has 1 aromatic rings. The zero-order valence-electron chi connectivity index (χ0n) is 8.60. The van der Waals surface area contributed by atoms with Gasteiger partial charge in [0.05, 0.1) is 12.5 Å². The van der Waals surface area contributed by atoms with Crippen LogP contribution in [0.25, 0.3) is 0 Å². The van der Waals surface area contributed by atoms with Crippen LogP contribution in [0.3, 0.4) is 0 Å². The van der Waals surface area contributed by atoms with E-state index in [2.05, 4.69) is 17.1 Å². The van der Waals surface area contributed by atoms with Gasteiger partial charge < -0.3 is 9.63 Å². The average Bonchev–Trinajstić information content (AvgIpc) is 2.73. The minimum atomic E-state index is -0.361. The molecule has 1 fully saturated rings. The standard InChI is InChI=1S/C10H16N2O2/c1-3-7(13)5-9-11-10(12-14-9)8-4-6(8)2/h6-8,13H,3-5H2,1-2H3. The van der Waals surface area contributed by atoms with E-state index in [1.165, 1.54) is 0 Å². The van der Waals surface area contributed by atoms with Crippen LogP contribution < -0.4 is 0 Å². The van der Waals surface area contributed by atoms with Gasteiger partial charge in [0.1, 0.15) is 0 Å². The summed E-state index contributed by atoms with van der Waals surface area (Å²) in [6.07, 6.45) is 2.00. The minimum absolute atomic E-state index is 0.361. The molecule has 14 heavy (non-hydrogen) atoms. The SMILES string of the molecule is CCC(O)Cc1nc(C2CC2C)no1. The van der Waals surface area contributed by atoms with Crippen molar-refractivity contribution in [3.63, 3.8) is 0 Å². The van der Waals surface area contributed by atoms with Gasteiger partial charge in [-0.25, -0.2) is 0 Å². The van der Waals surface area contributed by atoms with E-state index >= 15 is 0 Å². The Labute approximate surface area is 83.3 Å². The fraction of sp³-hybridized carbons (Fsp3) is 0.800. The second-order valence-corrected chi connectivity index (χ2v) is 4.13. The van der Waals surface area contributed by atoms with Crippen LogP contribution in [0.5, 0.6) is 0 Å². The monoisotopic (exact) mass is 196 g/mol. The number of rotatable bonds is 4. The van der Waals surface area contributed by atoms with Crippen LogP contribution >= 0.6 is 0 Å². The third kappa shape index (κ3) is 1.95. The van der Waals surface area contributed by atoms with E-state index < -0.39 is 0 Å². The maximum atomic E-state index is 9.40. The third-order valence-corrected chi connectivity index (χ3v) is 2.81. The Balaban J connectivity index is 1.96. The Kier molecular flexibility index (Phi) is 2.54. The topological polar surface area (TPSA) is 59.2 Å². The molecule has 1 aliphatic rings.